The summed E-state index contributed by atoms with van der Waals surface area (Å²) in [5.74, 6) is 0.147. The van der Waals surface area contributed by atoms with Crippen molar-refractivity contribution in [2.45, 2.75) is 43.5 Å². The third-order valence-corrected chi connectivity index (χ3v) is 4.88. The first-order valence-corrected chi connectivity index (χ1v) is 9.58. The van der Waals surface area contributed by atoms with Gasteiger partial charge in [0.05, 0.1) is 4.90 Å². The summed E-state index contributed by atoms with van der Waals surface area (Å²) in [6.45, 7) is 3.20. The van der Waals surface area contributed by atoms with Gasteiger partial charge in [-0.25, -0.2) is 4.79 Å². The van der Waals surface area contributed by atoms with Gasteiger partial charge in [0.15, 0.2) is 0 Å². The number of piperidine rings is 1. The zero-order chi connectivity index (χ0) is 18.4. The summed E-state index contributed by atoms with van der Waals surface area (Å²) in [5, 5.41) is 5.40. The predicted molar refractivity (Wildman–Crippen MR) is 91.4 cm³/mol. The Morgan fingerprint density at radius 2 is 1.80 bits per heavy atom. The lowest BCUT2D eigenvalue weighted by molar-refractivity contribution is -0.132. The van der Waals surface area contributed by atoms with E-state index in [2.05, 4.69) is 10.6 Å². The van der Waals surface area contributed by atoms with Crippen molar-refractivity contribution < 1.29 is 21.9 Å². The second-order valence-electron chi connectivity index (χ2n) is 5.97. The Hall–Kier alpha value is -2.16. The largest absolute Gasteiger partial charge is 0.343 e. The number of rotatable bonds is 5. The van der Waals surface area contributed by atoms with E-state index in [1.807, 2.05) is 11.8 Å². The Morgan fingerprint density at radius 3 is 2.32 bits per heavy atom. The number of amides is 3. The minimum Gasteiger partial charge on any atom is -0.343 e. The van der Waals surface area contributed by atoms with Crippen LogP contribution in [0.4, 0.5) is 14.4 Å². The van der Waals surface area contributed by atoms with Crippen LogP contribution in [0.2, 0.25) is 0 Å². The van der Waals surface area contributed by atoms with E-state index in [4.69, 9.17) is 0 Å². The molecule has 0 spiro atoms. The van der Waals surface area contributed by atoms with Gasteiger partial charge in [-0.3, -0.25) is 4.79 Å². The summed E-state index contributed by atoms with van der Waals surface area (Å²) in [5.41, 5.74) is 0.362. The highest BCUT2D eigenvalue weighted by Gasteiger charge is 2.23. The molecule has 138 valence electrons. The molecule has 0 radical (unpaired) electrons. The molecule has 1 aromatic carbocycles. The number of likely N-dealkylation sites (tertiary alicyclic amines) is 1. The van der Waals surface area contributed by atoms with Gasteiger partial charge in [0.1, 0.15) is 0 Å². The second-order valence-corrected chi connectivity index (χ2v) is 7.31. The van der Waals surface area contributed by atoms with Crippen molar-refractivity contribution in [2.75, 3.05) is 18.4 Å². The normalized spacial score (nSPS) is 15.7. The first-order valence-electron chi connectivity index (χ1n) is 8.19. The molecule has 0 bridgehead atoms. The highest BCUT2D eigenvalue weighted by Crippen LogP contribution is 2.16. The first kappa shape index (κ1) is 19.2. The lowest BCUT2D eigenvalue weighted by Crippen LogP contribution is -2.47. The van der Waals surface area contributed by atoms with Crippen molar-refractivity contribution in [3.8, 4) is 0 Å². The molecule has 1 heterocycles. The van der Waals surface area contributed by atoms with Crippen LogP contribution < -0.4 is 10.6 Å². The maximum atomic E-state index is 12.8. The molecule has 0 unspecified atom stereocenters. The van der Waals surface area contributed by atoms with Crippen molar-refractivity contribution in [3.05, 3.63) is 24.3 Å². The monoisotopic (exact) mass is 371 g/mol. The lowest BCUT2D eigenvalue weighted by atomic mass is 10.0. The zero-order valence-corrected chi connectivity index (χ0v) is 14.8. The first-order chi connectivity index (χ1) is 11.8. The van der Waals surface area contributed by atoms with E-state index < -0.39 is 21.1 Å². The van der Waals surface area contributed by atoms with E-state index in [0.717, 1.165) is 18.6 Å². The fourth-order valence-corrected chi connectivity index (χ4v) is 3.16. The Balaban J connectivity index is 1.80. The highest BCUT2D eigenvalue weighted by atomic mass is 32.3. The van der Waals surface area contributed by atoms with Crippen molar-refractivity contribution in [1.29, 1.82) is 0 Å². The minimum absolute atomic E-state index is 0.0313. The van der Waals surface area contributed by atoms with Gasteiger partial charge in [0.2, 0.25) is 5.91 Å². The van der Waals surface area contributed by atoms with Gasteiger partial charge in [0.25, 0.3) is 0 Å². The van der Waals surface area contributed by atoms with Crippen LogP contribution in [0.1, 0.15) is 32.6 Å². The number of anilines is 1. The van der Waals surface area contributed by atoms with Crippen LogP contribution in [0.3, 0.4) is 0 Å². The number of urea groups is 1. The van der Waals surface area contributed by atoms with Crippen LogP contribution in [0.15, 0.2) is 29.2 Å². The lowest BCUT2D eigenvalue weighted by Gasteiger charge is -2.32. The van der Waals surface area contributed by atoms with Crippen molar-refractivity contribution in [2.24, 2.45) is 0 Å². The van der Waals surface area contributed by atoms with E-state index in [1.54, 1.807) is 0 Å². The summed E-state index contributed by atoms with van der Waals surface area (Å²) in [6.07, 6.45) is 2.73. The van der Waals surface area contributed by atoms with E-state index in [-0.39, 0.29) is 11.9 Å². The molecule has 25 heavy (non-hydrogen) atoms. The third-order valence-electron chi connectivity index (χ3n) is 4.04. The SMILES string of the molecule is CCCC(=O)N1CCC(NC(=O)Nc2ccc(S(=O)(=O)F)cc2)CC1. The molecule has 0 atom stereocenters. The highest BCUT2D eigenvalue weighted by molar-refractivity contribution is 7.86. The van der Waals surface area contributed by atoms with Crippen LogP contribution in [0.25, 0.3) is 0 Å². The van der Waals surface area contributed by atoms with Gasteiger partial charge >= 0.3 is 16.3 Å². The molecule has 0 saturated carbocycles. The molecule has 1 aliphatic rings. The fourth-order valence-electron chi connectivity index (χ4n) is 2.70. The van der Waals surface area contributed by atoms with Crippen molar-refractivity contribution in [3.63, 3.8) is 0 Å². The van der Waals surface area contributed by atoms with Crippen LogP contribution in [0.5, 0.6) is 0 Å². The molecular formula is C16H22FN3O4S. The second kappa shape index (κ2) is 8.28. The number of carbonyl (C=O) groups excluding carboxylic acids is 2. The van der Waals surface area contributed by atoms with E-state index in [9.17, 15) is 21.9 Å². The van der Waals surface area contributed by atoms with Crippen molar-refractivity contribution >= 4 is 27.8 Å². The fraction of sp³-hybridized carbons (Fsp3) is 0.500. The quantitative estimate of drug-likeness (QED) is 0.776. The van der Waals surface area contributed by atoms with E-state index in [0.29, 0.717) is 38.0 Å². The summed E-state index contributed by atoms with van der Waals surface area (Å²) in [4.78, 5) is 25.2. The number of nitrogens with one attached hydrogen (secondary N) is 2. The molecule has 0 aromatic heterocycles. The van der Waals surface area contributed by atoms with Gasteiger partial charge < -0.3 is 15.5 Å². The number of hydrogen-bond acceptors (Lipinski definition) is 4. The topological polar surface area (TPSA) is 95.6 Å². The Bertz CT molecular complexity index is 713. The van der Waals surface area contributed by atoms with Crippen LogP contribution in [0, 0.1) is 0 Å². The van der Waals surface area contributed by atoms with Gasteiger partial charge in [-0.2, -0.15) is 8.42 Å². The number of carbonyl (C=O) groups is 2. The van der Waals surface area contributed by atoms with Crippen LogP contribution in [-0.2, 0) is 15.0 Å². The average molecular weight is 371 g/mol. The molecule has 9 heteroatoms. The Labute approximate surface area is 146 Å². The molecule has 0 aliphatic carbocycles. The standard InChI is InChI=1S/C16H22FN3O4S/c1-2-3-15(21)20-10-8-13(9-11-20)19-16(22)18-12-4-6-14(7-5-12)25(17,23)24/h4-7,13H,2-3,8-11H2,1H3,(H2,18,19,22). The maximum Gasteiger partial charge on any atom is 0.332 e. The van der Waals surface area contributed by atoms with E-state index >= 15 is 0 Å². The van der Waals surface area contributed by atoms with Gasteiger partial charge in [-0.1, -0.05) is 6.92 Å². The molecule has 2 rings (SSSR count). The van der Waals surface area contributed by atoms with Gasteiger partial charge in [-0.05, 0) is 43.5 Å². The van der Waals surface area contributed by atoms with Gasteiger partial charge in [-0.15, -0.1) is 3.89 Å². The predicted octanol–water partition coefficient (Wildman–Crippen LogP) is 2.26. The summed E-state index contributed by atoms with van der Waals surface area (Å²) >= 11 is 0. The smallest absolute Gasteiger partial charge is 0.332 e. The molecule has 2 N–H and O–H groups in total. The molecule has 1 aliphatic heterocycles. The third kappa shape index (κ3) is 5.70. The maximum absolute atomic E-state index is 12.8. The van der Waals surface area contributed by atoms with Crippen LogP contribution in [-0.4, -0.2) is 44.4 Å². The molecule has 3 amide bonds. The average Bonchev–Trinajstić information content (AvgIpc) is 2.55. The van der Waals surface area contributed by atoms with Gasteiger partial charge in [0, 0.05) is 31.2 Å². The number of hydrogen-bond donors (Lipinski definition) is 2. The molecule has 1 aromatic rings. The molecule has 1 saturated heterocycles. The van der Waals surface area contributed by atoms with Crippen LogP contribution >= 0.6 is 0 Å². The number of nitrogens with zero attached hydrogens (tertiary/aromatic N) is 1. The Morgan fingerprint density at radius 1 is 1.20 bits per heavy atom. The molecule has 1 fully saturated rings. The zero-order valence-electron chi connectivity index (χ0n) is 14.0. The van der Waals surface area contributed by atoms with Crippen molar-refractivity contribution in [1.82, 2.24) is 10.2 Å². The minimum atomic E-state index is -4.75. The summed E-state index contributed by atoms with van der Waals surface area (Å²) < 4.78 is 34.3. The van der Waals surface area contributed by atoms with E-state index in [1.165, 1.54) is 12.1 Å². The Kier molecular flexibility index (Phi) is 6.35. The number of halogens is 1. The summed E-state index contributed by atoms with van der Waals surface area (Å²) in [7, 11) is -4.75. The molecule has 7 nitrogen and oxygen atoms in total. The molecular weight excluding hydrogens is 349 g/mol. The number of benzene rings is 1. The summed E-state index contributed by atoms with van der Waals surface area (Å²) in [6, 6.07) is 4.35.